The number of rotatable bonds is 7. The van der Waals surface area contributed by atoms with Crippen LogP contribution < -0.4 is 5.32 Å². The van der Waals surface area contributed by atoms with E-state index in [0.717, 1.165) is 23.4 Å². The fourth-order valence-corrected chi connectivity index (χ4v) is 5.79. The van der Waals surface area contributed by atoms with Gasteiger partial charge in [-0.1, -0.05) is 0 Å². The summed E-state index contributed by atoms with van der Waals surface area (Å²) in [7, 11) is 0. The van der Waals surface area contributed by atoms with Crippen LogP contribution in [-0.4, -0.2) is 42.0 Å². The molecule has 5 rings (SSSR count). The monoisotopic (exact) mass is 359 g/mol. The highest BCUT2D eigenvalue weighted by Crippen LogP contribution is 2.60. The van der Waals surface area contributed by atoms with E-state index < -0.39 is 6.10 Å². The number of aliphatic hydroxyl groups is 2. The average Bonchev–Trinajstić information content (AvgIpc) is 2.63. The lowest BCUT2D eigenvalue weighted by molar-refractivity contribution is -0.0848. The van der Waals surface area contributed by atoms with E-state index in [-0.39, 0.29) is 24.5 Å². The van der Waals surface area contributed by atoms with Crippen molar-refractivity contribution in [1.82, 2.24) is 0 Å². The second-order valence-corrected chi connectivity index (χ2v) is 8.79. The highest BCUT2D eigenvalue weighted by atomic mass is 16.5. The molecule has 26 heavy (non-hydrogen) atoms. The molecular weight excluding hydrogens is 330 g/mol. The van der Waals surface area contributed by atoms with Gasteiger partial charge in [0.2, 0.25) is 0 Å². The first-order chi connectivity index (χ1) is 12.5. The summed E-state index contributed by atoms with van der Waals surface area (Å²) in [6.45, 7) is 0.562. The fourth-order valence-electron chi connectivity index (χ4n) is 5.79. The first-order valence-electron chi connectivity index (χ1n) is 9.85. The fraction of sp³-hybridized carbons (Fsp3) is 0.667. The predicted molar refractivity (Wildman–Crippen MR) is 98.9 cm³/mol. The zero-order valence-corrected chi connectivity index (χ0v) is 15.2. The van der Waals surface area contributed by atoms with Crippen LogP contribution in [0.2, 0.25) is 0 Å². The van der Waals surface area contributed by atoms with Gasteiger partial charge < -0.3 is 20.3 Å². The zero-order chi connectivity index (χ0) is 18.1. The molecule has 5 heteroatoms. The first kappa shape index (κ1) is 17.8. The number of carbonyl (C=O) groups excluding carboxylic acids is 1. The highest BCUT2D eigenvalue weighted by Gasteiger charge is 2.51. The van der Waals surface area contributed by atoms with Crippen LogP contribution in [0, 0.1) is 23.2 Å². The topological polar surface area (TPSA) is 78.8 Å². The first-order valence-corrected chi connectivity index (χ1v) is 9.85. The van der Waals surface area contributed by atoms with E-state index in [9.17, 15) is 9.90 Å². The van der Waals surface area contributed by atoms with Crippen LogP contribution in [0.25, 0.3) is 0 Å². The summed E-state index contributed by atoms with van der Waals surface area (Å²) < 4.78 is 5.74. The van der Waals surface area contributed by atoms with E-state index in [1.807, 2.05) is 0 Å². The quantitative estimate of drug-likeness (QED) is 0.653. The van der Waals surface area contributed by atoms with Crippen molar-refractivity contribution in [2.75, 3.05) is 25.1 Å². The molecule has 4 bridgehead atoms. The molecule has 0 aliphatic heterocycles. The summed E-state index contributed by atoms with van der Waals surface area (Å²) in [5.41, 5.74) is 1.60. The molecule has 0 radical (unpaired) electrons. The molecule has 0 amide bonds. The molecule has 0 spiro atoms. The Kier molecular flexibility index (Phi) is 4.93. The summed E-state index contributed by atoms with van der Waals surface area (Å²) in [5, 5.41) is 21.2. The van der Waals surface area contributed by atoms with Crippen LogP contribution in [0.4, 0.5) is 5.69 Å². The van der Waals surface area contributed by atoms with Crippen molar-refractivity contribution in [2.45, 2.75) is 44.6 Å². The number of carbonyl (C=O) groups is 1. The molecule has 1 unspecified atom stereocenters. The number of hydrogen-bond acceptors (Lipinski definition) is 5. The Morgan fingerprint density at radius 1 is 1.12 bits per heavy atom. The highest BCUT2D eigenvalue weighted by molar-refractivity contribution is 5.89. The van der Waals surface area contributed by atoms with E-state index in [4.69, 9.17) is 9.84 Å². The maximum absolute atomic E-state index is 12.4. The Balaban J connectivity index is 1.31. The third-order valence-electron chi connectivity index (χ3n) is 6.55. The maximum atomic E-state index is 12.4. The minimum absolute atomic E-state index is 0.242. The Hall–Kier alpha value is -1.59. The van der Waals surface area contributed by atoms with Crippen molar-refractivity contribution in [3.05, 3.63) is 29.8 Å². The standard InChI is InChI=1S/C21H29NO4/c23-12-19(24)11-22-18-3-1-17(2-4-18)20(25)26-13-21-8-14-5-15(9-21)7-16(6-14)10-21/h1-4,14-16,19,22-24H,5-13H2. The SMILES string of the molecule is O=C(OCC12CC3CC(CC(C3)C1)C2)c1ccc(NCC(O)CO)cc1. The number of aliphatic hydroxyl groups excluding tert-OH is 2. The van der Waals surface area contributed by atoms with Crippen LogP contribution in [0.15, 0.2) is 24.3 Å². The molecule has 4 fully saturated rings. The van der Waals surface area contributed by atoms with Crippen molar-refractivity contribution in [1.29, 1.82) is 0 Å². The molecule has 1 aromatic rings. The van der Waals surface area contributed by atoms with Gasteiger partial charge in [-0.25, -0.2) is 4.79 Å². The Labute approximate surface area is 154 Å². The minimum atomic E-state index is -0.792. The van der Waals surface area contributed by atoms with Gasteiger partial charge in [-0.05, 0) is 80.5 Å². The lowest BCUT2D eigenvalue weighted by Gasteiger charge is -2.56. The summed E-state index contributed by atoms with van der Waals surface area (Å²) >= 11 is 0. The van der Waals surface area contributed by atoms with E-state index >= 15 is 0 Å². The second kappa shape index (κ2) is 7.20. The van der Waals surface area contributed by atoms with Crippen LogP contribution in [0.5, 0.6) is 0 Å². The Morgan fingerprint density at radius 2 is 1.69 bits per heavy atom. The number of hydrogen-bond donors (Lipinski definition) is 3. The molecule has 3 N–H and O–H groups in total. The molecule has 1 atom stereocenters. The van der Waals surface area contributed by atoms with Gasteiger partial charge in [-0.3, -0.25) is 0 Å². The molecule has 5 nitrogen and oxygen atoms in total. The normalized spacial score (nSPS) is 33.1. The van der Waals surface area contributed by atoms with Gasteiger partial charge >= 0.3 is 5.97 Å². The zero-order valence-electron chi connectivity index (χ0n) is 15.2. The number of anilines is 1. The molecule has 4 aliphatic rings. The molecule has 142 valence electrons. The lowest BCUT2D eigenvalue weighted by atomic mass is 9.50. The van der Waals surface area contributed by atoms with E-state index in [0.29, 0.717) is 12.2 Å². The van der Waals surface area contributed by atoms with Gasteiger partial charge in [-0.15, -0.1) is 0 Å². The van der Waals surface area contributed by atoms with Gasteiger partial charge in [0, 0.05) is 17.6 Å². The van der Waals surface area contributed by atoms with Crippen LogP contribution in [0.3, 0.4) is 0 Å². The van der Waals surface area contributed by atoms with Crippen molar-refractivity contribution < 1.29 is 19.7 Å². The number of ether oxygens (including phenoxy) is 1. The van der Waals surface area contributed by atoms with E-state index in [2.05, 4.69) is 5.32 Å². The molecule has 1 aromatic carbocycles. The molecule has 4 saturated carbocycles. The average molecular weight is 359 g/mol. The second-order valence-electron chi connectivity index (χ2n) is 8.79. The number of esters is 1. The molecular formula is C21H29NO4. The lowest BCUT2D eigenvalue weighted by Crippen LogP contribution is -2.48. The summed E-state index contributed by atoms with van der Waals surface area (Å²) in [6, 6.07) is 7.09. The Bertz CT molecular complexity index is 607. The van der Waals surface area contributed by atoms with Gasteiger partial charge in [-0.2, -0.15) is 0 Å². The smallest absolute Gasteiger partial charge is 0.338 e. The predicted octanol–water partition coefficient (Wildman–Crippen LogP) is 2.82. The number of benzene rings is 1. The summed E-state index contributed by atoms with van der Waals surface area (Å²) in [4.78, 5) is 12.4. The maximum Gasteiger partial charge on any atom is 0.338 e. The van der Waals surface area contributed by atoms with Gasteiger partial charge in [0.15, 0.2) is 0 Å². The van der Waals surface area contributed by atoms with Crippen molar-refractivity contribution in [3.8, 4) is 0 Å². The van der Waals surface area contributed by atoms with E-state index in [1.165, 1.54) is 38.5 Å². The van der Waals surface area contributed by atoms with Crippen LogP contribution >= 0.6 is 0 Å². The van der Waals surface area contributed by atoms with Crippen molar-refractivity contribution in [2.24, 2.45) is 23.2 Å². The molecule has 0 heterocycles. The van der Waals surface area contributed by atoms with Crippen LogP contribution in [0.1, 0.15) is 48.9 Å². The third-order valence-corrected chi connectivity index (χ3v) is 6.55. The minimum Gasteiger partial charge on any atom is -0.462 e. The van der Waals surface area contributed by atoms with E-state index in [1.54, 1.807) is 24.3 Å². The molecule has 4 aliphatic carbocycles. The third kappa shape index (κ3) is 3.74. The molecule has 0 aromatic heterocycles. The Morgan fingerprint density at radius 3 is 2.23 bits per heavy atom. The van der Waals surface area contributed by atoms with Crippen LogP contribution in [-0.2, 0) is 4.74 Å². The number of nitrogens with one attached hydrogen (secondary N) is 1. The van der Waals surface area contributed by atoms with Gasteiger partial charge in [0.05, 0.1) is 24.9 Å². The summed E-state index contributed by atoms with van der Waals surface area (Å²) in [6.07, 6.45) is 7.11. The largest absolute Gasteiger partial charge is 0.462 e. The molecule has 0 saturated heterocycles. The van der Waals surface area contributed by atoms with Gasteiger partial charge in [0.25, 0.3) is 0 Å². The van der Waals surface area contributed by atoms with Crippen molar-refractivity contribution >= 4 is 11.7 Å². The summed E-state index contributed by atoms with van der Waals surface area (Å²) in [5.74, 6) is 2.33. The van der Waals surface area contributed by atoms with Crippen molar-refractivity contribution in [3.63, 3.8) is 0 Å². The van der Waals surface area contributed by atoms with Gasteiger partial charge in [0.1, 0.15) is 0 Å².